The van der Waals surface area contributed by atoms with E-state index in [1.165, 1.54) is 30.3 Å². The van der Waals surface area contributed by atoms with Gasteiger partial charge in [-0.15, -0.1) is 0 Å². The summed E-state index contributed by atoms with van der Waals surface area (Å²) in [4.78, 5) is 23.9. The SMILES string of the molecule is O=C1COc2cc(NC(=O)[C@H]3C[C@H]3c3ccccc3C(F)(F)F)c(Cl)cc2N1. The quantitative estimate of drug-likeness (QED) is 0.786. The fraction of sp³-hybridized carbons (Fsp3) is 0.263. The summed E-state index contributed by atoms with van der Waals surface area (Å²) in [6, 6.07) is 8.22. The standard InChI is InChI=1S/C19H14ClF3N2O3/c20-13-6-15-16(28-8-17(26)24-15)7-14(13)25-18(27)11-5-10(11)9-3-1-2-4-12(9)19(21,22)23/h1-4,6-7,10-11H,5,8H2,(H,24,26)(H,25,27)/t10-,11-/m0/s1. The van der Waals surface area contributed by atoms with Gasteiger partial charge in [-0.05, 0) is 30.0 Å². The highest BCUT2D eigenvalue weighted by Crippen LogP contribution is 2.51. The fourth-order valence-corrected chi connectivity index (χ4v) is 3.54. The minimum atomic E-state index is -4.47. The topological polar surface area (TPSA) is 67.4 Å². The van der Waals surface area contributed by atoms with Gasteiger partial charge in [-0.1, -0.05) is 29.8 Å². The maximum Gasteiger partial charge on any atom is 0.416 e. The Hall–Kier alpha value is -2.74. The largest absolute Gasteiger partial charge is 0.482 e. The van der Waals surface area contributed by atoms with Crippen molar-refractivity contribution in [3.8, 4) is 5.75 Å². The van der Waals surface area contributed by atoms with E-state index in [2.05, 4.69) is 10.6 Å². The molecule has 0 unspecified atom stereocenters. The smallest absolute Gasteiger partial charge is 0.416 e. The molecule has 2 atom stereocenters. The zero-order chi connectivity index (χ0) is 20.1. The van der Waals surface area contributed by atoms with Crippen LogP contribution in [0.15, 0.2) is 36.4 Å². The van der Waals surface area contributed by atoms with E-state index in [1.54, 1.807) is 0 Å². The molecule has 0 spiro atoms. The zero-order valence-corrected chi connectivity index (χ0v) is 15.0. The molecule has 9 heteroatoms. The number of carbonyl (C=O) groups is 2. The summed E-state index contributed by atoms with van der Waals surface area (Å²) < 4.78 is 44.9. The predicted molar refractivity (Wildman–Crippen MR) is 96.5 cm³/mol. The van der Waals surface area contributed by atoms with Crippen molar-refractivity contribution in [2.75, 3.05) is 17.2 Å². The number of rotatable bonds is 3. The molecular formula is C19H14ClF3N2O3. The van der Waals surface area contributed by atoms with Crippen LogP contribution in [0.5, 0.6) is 5.75 Å². The third-order valence-corrected chi connectivity index (χ3v) is 5.07. The third-order valence-electron chi connectivity index (χ3n) is 4.75. The first kappa shape index (κ1) is 18.6. The van der Waals surface area contributed by atoms with Crippen LogP contribution in [0.25, 0.3) is 0 Å². The van der Waals surface area contributed by atoms with Crippen molar-refractivity contribution in [3.05, 3.63) is 52.5 Å². The van der Waals surface area contributed by atoms with E-state index in [4.69, 9.17) is 16.3 Å². The summed E-state index contributed by atoms with van der Waals surface area (Å²) in [5, 5.41) is 5.43. The Balaban J connectivity index is 1.51. The van der Waals surface area contributed by atoms with Crippen LogP contribution >= 0.6 is 11.6 Å². The van der Waals surface area contributed by atoms with Gasteiger partial charge in [0.25, 0.3) is 5.91 Å². The maximum atomic E-state index is 13.2. The second-order valence-electron chi connectivity index (χ2n) is 6.69. The summed E-state index contributed by atoms with van der Waals surface area (Å²) in [7, 11) is 0. The van der Waals surface area contributed by atoms with Crippen LogP contribution in [0.3, 0.4) is 0 Å². The number of halogens is 4. The number of nitrogens with one attached hydrogen (secondary N) is 2. The number of anilines is 2. The van der Waals surface area contributed by atoms with Crippen LogP contribution in [0, 0.1) is 5.92 Å². The van der Waals surface area contributed by atoms with E-state index in [-0.39, 0.29) is 28.8 Å². The molecule has 2 aliphatic rings. The van der Waals surface area contributed by atoms with Gasteiger partial charge in [-0.3, -0.25) is 9.59 Å². The van der Waals surface area contributed by atoms with Crippen molar-refractivity contribution in [2.45, 2.75) is 18.5 Å². The van der Waals surface area contributed by atoms with E-state index in [1.807, 2.05) is 0 Å². The van der Waals surface area contributed by atoms with Gasteiger partial charge in [0.2, 0.25) is 5.91 Å². The second-order valence-corrected chi connectivity index (χ2v) is 7.10. The molecule has 0 bridgehead atoms. The van der Waals surface area contributed by atoms with Crippen LogP contribution in [-0.4, -0.2) is 18.4 Å². The number of fused-ring (bicyclic) bond motifs is 1. The molecule has 0 saturated heterocycles. The molecule has 2 aromatic rings. The molecular weight excluding hydrogens is 397 g/mol. The highest BCUT2D eigenvalue weighted by Gasteiger charge is 2.48. The van der Waals surface area contributed by atoms with Crippen LogP contribution in [0.4, 0.5) is 24.5 Å². The van der Waals surface area contributed by atoms with Crippen LogP contribution < -0.4 is 15.4 Å². The number of hydrogen-bond acceptors (Lipinski definition) is 3. The normalized spacial score (nSPS) is 20.6. The molecule has 1 aliphatic carbocycles. The Labute approximate surface area is 162 Å². The minimum Gasteiger partial charge on any atom is -0.482 e. The van der Waals surface area contributed by atoms with Crippen LogP contribution in [-0.2, 0) is 15.8 Å². The molecule has 28 heavy (non-hydrogen) atoms. The lowest BCUT2D eigenvalue weighted by molar-refractivity contribution is -0.138. The molecule has 4 rings (SSSR count). The van der Waals surface area contributed by atoms with Gasteiger partial charge < -0.3 is 15.4 Å². The lowest BCUT2D eigenvalue weighted by Crippen LogP contribution is -2.25. The zero-order valence-electron chi connectivity index (χ0n) is 14.3. The number of amides is 2. The highest BCUT2D eigenvalue weighted by molar-refractivity contribution is 6.34. The molecule has 0 radical (unpaired) electrons. The summed E-state index contributed by atoms with van der Waals surface area (Å²) in [6.45, 7) is -0.152. The summed E-state index contributed by atoms with van der Waals surface area (Å²) in [5.41, 5.74) is 0.0722. The lowest BCUT2D eigenvalue weighted by Gasteiger charge is -2.19. The average molecular weight is 411 g/mol. The molecule has 5 nitrogen and oxygen atoms in total. The Morgan fingerprint density at radius 2 is 2.00 bits per heavy atom. The van der Waals surface area contributed by atoms with Gasteiger partial charge in [-0.25, -0.2) is 0 Å². The van der Waals surface area contributed by atoms with E-state index in [0.717, 1.165) is 6.07 Å². The number of carbonyl (C=O) groups excluding carboxylic acids is 2. The molecule has 2 aromatic carbocycles. The van der Waals surface area contributed by atoms with Gasteiger partial charge in [0, 0.05) is 12.0 Å². The minimum absolute atomic E-state index is 0.123. The number of hydrogen-bond donors (Lipinski definition) is 2. The third kappa shape index (κ3) is 3.52. The Kier molecular flexibility index (Phi) is 4.45. The molecule has 2 amide bonds. The van der Waals surface area contributed by atoms with Crippen molar-refractivity contribution >= 4 is 34.8 Å². The second kappa shape index (κ2) is 6.70. The van der Waals surface area contributed by atoms with E-state index in [9.17, 15) is 22.8 Å². The molecule has 0 aromatic heterocycles. The van der Waals surface area contributed by atoms with Gasteiger partial charge in [0.1, 0.15) is 5.75 Å². The summed E-state index contributed by atoms with van der Waals surface area (Å²) in [6.07, 6.45) is -4.14. The van der Waals surface area contributed by atoms with Crippen molar-refractivity contribution in [3.63, 3.8) is 0 Å². The van der Waals surface area contributed by atoms with Gasteiger partial charge in [-0.2, -0.15) is 13.2 Å². The predicted octanol–water partition coefficient (Wildman–Crippen LogP) is 4.43. The first-order chi connectivity index (χ1) is 13.2. The first-order valence-corrected chi connectivity index (χ1v) is 8.85. The van der Waals surface area contributed by atoms with Gasteiger partial charge in [0.05, 0.1) is 22.0 Å². The summed E-state index contributed by atoms with van der Waals surface area (Å²) in [5.74, 6) is -1.44. The molecule has 1 fully saturated rings. The number of ether oxygens (including phenoxy) is 1. The maximum absolute atomic E-state index is 13.2. The highest BCUT2D eigenvalue weighted by atomic mass is 35.5. The molecule has 2 N–H and O–H groups in total. The molecule has 1 aliphatic heterocycles. The van der Waals surface area contributed by atoms with Crippen LogP contribution in [0.2, 0.25) is 5.02 Å². The van der Waals surface area contributed by atoms with E-state index in [0.29, 0.717) is 17.9 Å². The molecule has 1 saturated carbocycles. The summed E-state index contributed by atoms with van der Waals surface area (Å²) >= 11 is 6.15. The van der Waals surface area contributed by atoms with Gasteiger partial charge >= 0.3 is 6.18 Å². The van der Waals surface area contributed by atoms with Crippen molar-refractivity contribution in [1.29, 1.82) is 0 Å². The average Bonchev–Trinajstić information content (AvgIpc) is 3.42. The Bertz CT molecular complexity index is 977. The molecule has 146 valence electrons. The number of alkyl halides is 3. The van der Waals surface area contributed by atoms with Crippen molar-refractivity contribution in [1.82, 2.24) is 0 Å². The first-order valence-electron chi connectivity index (χ1n) is 8.47. The van der Waals surface area contributed by atoms with Gasteiger partial charge in [0.15, 0.2) is 6.61 Å². The van der Waals surface area contributed by atoms with Crippen molar-refractivity contribution < 1.29 is 27.5 Å². The fourth-order valence-electron chi connectivity index (χ4n) is 3.33. The van der Waals surface area contributed by atoms with Crippen LogP contribution in [0.1, 0.15) is 23.5 Å². The van der Waals surface area contributed by atoms with E-state index < -0.39 is 29.5 Å². The van der Waals surface area contributed by atoms with E-state index >= 15 is 0 Å². The molecule has 1 heterocycles. The lowest BCUT2D eigenvalue weighted by atomic mass is 10.0. The Morgan fingerprint density at radius 1 is 1.25 bits per heavy atom. The monoisotopic (exact) mass is 410 g/mol. The Morgan fingerprint density at radius 3 is 2.75 bits per heavy atom. The van der Waals surface area contributed by atoms with Crippen molar-refractivity contribution in [2.24, 2.45) is 5.92 Å². The number of benzene rings is 2.